The lowest BCUT2D eigenvalue weighted by Gasteiger charge is -2.36. The molecule has 2 aliphatic rings. The van der Waals surface area contributed by atoms with Gasteiger partial charge < -0.3 is 35.2 Å². The Kier molecular flexibility index (Phi) is 13.1. The van der Waals surface area contributed by atoms with E-state index < -0.39 is 24.5 Å². The fourth-order valence-corrected chi connectivity index (χ4v) is 7.83. The van der Waals surface area contributed by atoms with Crippen molar-refractivity contribution in [2.45, 2.75) is 96.6 Å². The molecule has 0 radical (unpaired) electrons. The van der Waals surface area contributed by atoms with Crippen molar-refractivity contribution < 1.29 is 24.2 Å². The number of hydrogen-bond acceptors (Lipinski definition) is 9. The van der Waals surface area contributed by atoms with Gasteiger partial charge in [0.25, 0.3) is 0 Å². The van der Waals surface area contributed by atoms with Gasteiger partial charge in [0.2, 0.25) is 0 Å². The van der Waals surface area contributed by atoms with Crippen molar-refractivity contribution in [1.29, 1.82) is 0 Å². The molecule has 2 amide bonds. The zero-order valence-corrected chi connectivity index (χ0v) is 32.9. The second kappa shape index (κ2) is 18.2. The molecule has 2 aromatic heterocycles. The molecule has 6 rings (SSSR count). The van der Waals surface area contributed by atoms with Crippen LogP contribution in [-0.4, -0.2) is 99.2 Å². The Balaban J connectivity index is 1.11. The van der Waals surface area contributed by atoms with Crippen molar-refractivity contribution in [3.63, 3.8) is 0 Å². The minimum atomic E-state index is -0.878. The van der Waals surface area contributed by atoms with E-state index in [-0.39, 0.29) is 24.0 Å². The molecule has 2 fully saturated rings. The number of carbonyl (C=O) groups is 2. The van der Waals surface area contributed by atoms with E-state index in [4.69, 9.17) is 19.4 Å². The summed E-state index contributed by atoms with van der Waals surface area (Å²) in [5, 5.41) is 17.3. The number of aliphatic hydroxyl groups excluding tert-OH is 1. The quantitative estimate of drug-likeness (QED) is 0.0963. The van der Waals surface area contributed by atoms with Crippen molar-refractivity contribution in [3.8, 4) is 23.1 Å². The molecule has 7 atom stereocenters. The Hall–Kier alpha value is -4.90. The van der Waals surface area contributed by atoms with Gasteiger partial charge in [-0.2, -0.15) is 0 Å². The van der Waals surface area contributed by atoms with Crippen molar-refractivity contribution in [2.24, 2.45) is 11.8 Å². The summed E-state index contributed by atoms with van der Waals surface area (Å²) in [6, 6.07) is 13.7. The summed E-state index contributed by atoms with van der Waals surface area (Å²) in [6.07, 6.45) is 5.62. The number of hydrogen-bond donors (Lipinski definition) is 5. The van der Waals surface area contributed by atoms with Gasteiger partial charge in [0.1, 0.15) is 17.9 Å². The maximum atomic E-state index is 12.1. The molecule has 55 heavy (non-hydrogen) atoms. The van der Waals surface area contributed by atoms with Gasteiger partial charge in [-0.25, -0.2) is 19.6 Å². The number of aliphatic hydroxyl groups is 1. The Bertz CT molecular complexity index is 1970. The number of benzene rings is 2. The van der Waals surface area contributed by atoms with Crippen molar-refractivity contribution in [2.75, 3.05) is 33.9 Å². The third-order valence-electron chi connectivity index (χ3n) is 11.6. The van der Waals surface area contributed by atoms with Crippen LogP contribution >= 0.6 is 0 Å². The van der Waals surface area contributed by atoms with Gasteiger partial charge >= 0.3 is 12.2 Å². The smallest absolute Gasteiger partial charge is 0.407 e. The summed E-state index contributed by atoms with van der Waals surface area (Å²) in [4.78, 5) is 45.3. The predicted molar refractivity (Wildman–Crippen MR) is 212 cm³/mol. The maximum absolute atomic E-state index is 12.1. The van der Waals surface area contributed by atoms with Crippen molar-refractivity contribution in [1.82, 2.24) is 40.4 Å². The summed E-state index contributed by atoms with van der Waals surface area (Å²) >= 11 is 0. The number of nitrogens with one attached hydrogen (secondary N) is 4. The first-order valence-electron chi connectivity index (χ1n) is 19.7. The highest BCUT2D eigenvalue weighted by Crippen LogP contribution is 2.35. The van der Waals surface area contributed by atoms with Gasteiger partial charge in [-0.1, -0.05) is 64.5 Å². The Labute approximate surface area is 324 Å². The Morgan fingerprint density at radius 3 is 2.29 bits per heavy atom. The molecule has 2 aromatic carbocycles. The third-order valence-corrected chi connectivity index (χ3v) is 11.6. The average Bonchev–Trinajstić information content (AvgIpc) is 4.04. The number of amides is 2. The molecule has 13 heteroatoms. The van der Waals surface area contributed by atoms with E-state index in [0.717, 1.165) is 96.7 Å². The van der Waals surface area contributed by atoms with Crippen LogP contribution in [-0.2, 0) is 9.47 Å². The number of nitrogens with zero attached hydrogens (tertiary/aromatic N) is 4. The van der Waals surface area contributed by atoms with Crippen molar-refractivity contribution >= 4 is 23.2 Å². The Morgan fingerprint density at radius 2 is 1.56 bits per heavy atom. The minimum Gasteiger partial charge on any atom is -0.453 e. The minimum absolute atomic E-state index is 0.00911. The van der Waals surface area contributed by atoms with Crippen LogP contribution in [0.4, 0.5) is 9.59 Å². The SMILES string of the molecule is CCC(C)C(CN1CCCC1c1nc2ccc(C#Cc3ccc(-c4cnc(C5CCCN5C(O)C(NC(=O)OC)C(C)CC)[nH]4)cc3)cc2[nH]1)NC(=O)OC. The second-order valence-electron chi connectivity index (χ2n) is 15.0. The van der Waals surface area contributed by atoms with Crippen LogP contribution in [0.1, 0.15) is 101 Å². The summed E-state index contributed by atoms with van der Waals surface area (Å²) in [7, 11) is 2.74. The van der Waals surface area contributed by atoms with Crippen LogP contribution in [0.15, 0.2) is 48.7 Å². The number of ether oxygens (including phenoxy) is 2. The predicted octanol–water partition coefficient (Wildman–Crippen LogP) is 6.49. The number of aromatic nitrogens is 4. The fourth-order valence-electron chi connectivity index (χ4n) is 7.83. The lowest BCUT2D eigenvalue weighted by atomic mass is 9.96. The lowest BCUT2D eigenvalue weighted by molar-refractivity contribution is -0.0461. The van der Waals surface area contributed by atoms with Crippen LogP contribution in [0.2, 0.25) is 0 Å². The second-order valence-corrected chi connectivity index (χ2v) is 15.0. The van der Waals surface area contributed by atoms with Gasteiger partial charge in [0.15, 0.2) is 0 Å². The summed E-state index contributed by atoms with van der Waals surface area (Å²) < 4.78 is 9.74. The Morgan fingerprint density at radius 1 is 0.891 bits per heavy atom. The van der Waals surface area contributed by atoms with E-state index in [1.54, 1.807) is 0 Å². The fraction of sp³-hybridized carbons (Fsp3) is 0.524. The zero-order chi connectivity index (χ0) is 39.1. The molecule has 0 aliphatic carbocycles. The highest BCUT2D eigenvalue weighted by molar-refractivity contribution is 5.77. The molecule has 0 bridgehead atoms. The van der Waals surface area contributed by atoms with Crippen LogP contribution in [0, 0.1) is 23.7 Å². The number of imidazole rings is 2. The molecule has 4 aromatic rings. The molecule has 4 heterocycles. The van der Waals surface area contributed by atoms with E-state index in [9.17, 15) is 14.7 Å². The van der Waals surface area contributed by atoms with E-state index in [2.05, 4.69) is 57.3 Å². The van der Waals surface area contributed by atoms with Crippen LogP contribution in [0.25, 0.3) is 22.3 Å². The van der Waals surface area contributed by atoms with Crippen LogP contribution in [0.3, 0.4) is 0 Å². The molecular weight excluding hydrogens is 697 g/mol. The number of H-pyrrole nitrogens is 2. The average molecular weight is 753 g/mol. The highest BCUT2D eigenvalue weighted by atomic mass is 16.5. The molecule has 2 saturated heterocycles. The normalized spacial score (nSPS) is 20.3. The summed E-state index contributed by atoms with van der Waals surface area (Å²) in [6.45, 7) is 10.8. The third kappa shape index (κ3) is 9.32. The molecule has 2 aliphatic heterocycles. The van der Waals surface area contributed by atoms with E-state index in [1.807, 2.05) is 61.3 Å². The van der Waals surface area contributed by atoms with E-state index >= 15 is 0 Å². The molecule has 0 saturated carbocycles. The lowest BCUT2D eigenvalue weighted by Crippen LogP contribution is -2.54. The maximum Gasteiger partial charge on any atom is 0.407 e. The highest BCUT2D eigenvalue weighted by Gasteiger charge is 2.39. The van der Waals surface area contributed by atoms with Crippen LogP contribution < -0.4 is 10.6 Å². The molecule has 0 spiro atoms. The van der Waals surface area contributed by atoms with E-state index in [0.29, 0.717) is 12.5 Å². The van der Waals surface area contributed by atoms with Crippen LogP contribution in [0.5, 0.6) is 0 Å². The monoisotopic (exact) mass is 752 g/mol. The molecule has 13 nitrogen and oxygen atoms in total. The topological polar surface area (TPSA) is 161 Å². The number of aromatic amines is 2. The summed E-state index contributed by atoms with van der Waals surface area (Å²) in [5.74, 6) is 8.72. The standard InChI is InChI=1S/C42H56N8O5/c1-7-26(3)34(47-41(52)54-5)25-49-21-9-11-35(49)39-44-31-20-17-29(23-32(31)45-39)14-13-28-15-18-30(19-16-28)33-24-43-38(46-33)36-12-10-22-50(36)40(51)37(27(4)8-2)48-42(53)55-6/h15-20,23-24,26-27,34-37,40,51H,7-12,21-22,25H2,1-6H3,(H,43,46)(H,44,45)(H,47,52)(H,48,53). The number of fused-ring (bicyclic) bond motifs is 1. The van der Waals surface area contributed by atoms with Crippen molar-refractivity contribution in [3.05, 3.63) is 71.4 Å². The first-order valence-corrected chi connectivity index (χ1v) is 19.7. The zero-order valence-electron chi connectivity index (χ0n) is 32.9. The number of alkyl carbamates (subject to hydrolysis) is 2. The first-order chi connectivity index (χ1) is 26.6. The molecule has 5 N–H and O–H groups in total. The number of methoxy groups -OCH3 is 2. The molecule has 7 unspecified atom stereocenters. The largest absolute Gasteiger partial charge is 0.453 e. The first kappa shape index (κ1) is 39.8. The van der Waals surface area contributed by atoms with Gasteiger partial charge in [0.05, 0.1) is 55.3 Å². The number of carbonyl (C=O) groups excluding carboxylic acids is 2. The van der Waals surface area contributed by atoms with Gasteiger partial charge in [-0.15, -0.1) is 0 Å². The van der Waals surface area contributed by atoms with Gasteiger partial charge in [-0.3, -0.25) is 9.80 Å². The summed E-state index contributed by atoms with van der Waals surface area (Å²) in [5.41, 5.74) is 5.53. The molecular formula is C42H56N8O5. The van der Waals surface area contributed by atoms with E-state index in [1.165, 1.54) is 14.2 Å². The van der Waals surface area contributed by atoms with Gasteiger partial charge in [0, 0.05) is 30.3 Å². The van der Waals surface area contributed by atoms with Gasteiger partial charge in [-0.05, 0) is 80.0 Å². The molecule has 294 valence electrons. The number of likely N-dealkylation sites (tertiary alicyclic amines) is 2. The number of rotatable bonds is 13.